The predicted molar refractivity (Wildman–Crippen MR) is 83.5 cm³/mol. The monoisotopic (exact) mass is 269 g/mol. The highest BCUT2D eigenvalue weighted by Crippen LogP contribution is 2.36. The highest BCUT2D eigenvalue weighted by molar-refractivity contribution is 4.85. The van der Waals surface area contributed by atoms with Crippen molar-refractivity contribution >= 4 is 0 Å². The molecule has 2 unspecified atom stereocenters. The van der Waals surface area contributed by atoms with Crippen molar-refractivity contribution < 1.29 is 4.74 Å². The fourth-order valence-electron chi connectivity index (χ4n) is 3.17. The molecule has 1 saturated heterocycles. The number of ether oxygens (including phenoxy) is 1. The lowest BCUT2D eigenvalue weighted by atomic mass is 9.75. The standard InChI is InChI=1S/C17H35NO/c1-5-7-10-17(6-2,14-18-13-15(3)4)12-16-9-8-11-19-16/h15-16,18H,5-14H2,1-4H3. The first-order chi connectivity index (χ1) is 9.12. The molecule has 1 aliphatic heterocycles. The van der Waals surface area contributed by atoms with E-state index < -0.39 is 0 Å². The smallest absolute Gasteiger partial charge is 0.0581 e. The van der Waals surface area contributed by atoms with E-state index in [-0.39, 0.29) is 0 Å². The molecule has 0 bridgehead atoms. The molecule has 0 saturated carbocycles. The van der Waals surface area contributed by atoms with Gasteiger partial charge in [-0.15, -0.1) is 0 Å². The van der Waals surface area contributed by atoms with E-state index in [4.69, 9.17) is 4.74 Å². The van der Waals surface area contributed by atoms with Crippen LogP contribution in [0.3, 0.4) is 0 Å². The van der Waals surface area contributed by atoms with Gasteiger partial charge in [-0.3, -0.25) is 0 Å². The van der Waals surface area contributed by atoms with Gasteiger partial charge in [0, 0.05) is 13.2 Å². The Morgan fingerprint density at radius 3 is 2.63 bits per heavy atom. The van der Waals surface area contributed by atoms with E-state index in [1.165, 1.54) is 51.5 Å². The zero-order chi connectivity index (χ0) is 14.1. The molecule has 0 spiro atoms. The van der Waals surface area contributed by atoms with Crippen molar-refractivity contribution in [1.82, 2.24) is 5.32 Å². The third kappa shape index (κ3) is 6.27. The minimum absolute atomic E-state index is 0.458. The van der Waals surface area contributed by atoms with Gasteiger partial charge in [-0.05, 0) is 50.0 Å². The van der Waals surface area contributed by atoms with Crippen molar-refractivity contribution in [3.63, 3.8) is 0 Å². The van der Waals surface area contributed by atoms with E-state index >= 15 is 0 Å². The third-order valence-electron chi connectivity index (χ3n) is 4.55. The largest absolute Gasteiger partial charge is 0.378 e. The van der Waals surface area contributed by atoms with Crippen molar-refractivity contribution in [2.24, 2.45) is 11.3 Å². The Balaban J connectivity index is 2.51. The summed E-state index contributed by atoms with van der Waals surface area (Å²) in [5.41, 5.74) is 0.458. The molecule has 114 valence electrons. The van der Waals surface area contributed by atoms with Gasteiger partial charge >= 0.3 is 0 Å². The minimum atomic E-state index is 0.458. The number of rotatable bonds is 10. The summed E-state index contributed by atoms with van der Waals surface area (Å²) in [6.07, 6.45) is 9.60. The first-order valence-corrected chi connectivity index (χ1v) is 8.44. The molecule has 0 aromatic carbocycles. The Kier molecular flexibility index (Phi) is 8.01. The third-order valence-corrected chi connectivity index (χ3v) is 4.55. The number of nitrogens with one attached hydrogen (secondary N) is 1. The molecule has 19 heavy (non-hydrogen) atoms. The fraction of sp³-hybridized carbons (Fsp3) is 1.00. The first-order valence-electron chi connectivity index (χ1n) is 8.44. The van der Waals surface area contributed by atoms with Crippen LogP contribution in [0.1, 0.15) is 72.6 Å². The summed E-state index contributed by atoms with van der Waals surface area (Å²) in [5.74, 6) is 0.739. The topological polar surface area (TPSA) is 21.3 Å². The molecule has 1 aliphatic rings. The second-order valence-corrected chi connectivity index (χ2v) is 6.82. The lowest BCUT2D eigenvalue weighted by molar-refractivity contribution is 0.0529. The Labute approximate surface area is 120 Å². The summed E-state index contributed by atoms with van der Waals surface area (Å²) < 4.78 is 5.89. The van der Waals surface area contributed by atoms with Gasteiger partial charge in [-0.25, -0.2) is 0 Å². The molecule has 2 nitrogen and oxygen atoms in total. The van der Waals surface area contributed by atoms with Crippen LogP contribution in [-0.4, -0.2) is 25.8 Å². The normalized spacial score (nSPS) is 22.9. The van der Waals surface area contributed by atoms with Crippen LogP contribution in [0.2, 0.25) is 0 Å². The van der Waals surface area contributed by atoms with Crippen LogP contribution >= 0.6 is 0 Å². The van der Waals surface area contributed by atoms with Gasteiger partial charge in [0.1, 0.15) is 0 Å². The SMILES string of the molecule is CCCCC(CC)(CNCC(C)C)CC1CCCO1. The minimum Gasteiger partial charge on any atom is -0.378 e. The second-order valence-electron chi connectivity index (χ2n) is 6.82. The maximum Gasteiger partial charge on any atom is 0.0581 e. The van der Waals surface area contributed by atoms with Crippen molar-refractivity contribution in [1.29, 1.82) is 0 Å². The van der Waals surface area contributed by atoms with E-state index in [2.05, 4.69) is 33.0 Å². The molecule has 0 aromatic rings. The van der Waals surface area contributed by atoms with Crippen LogP contribution in [0.4, 0.5) is 0 Å². The Hall–Kier alpha value is -0.0800. The van der Waals surface area contributed by atoms with Crippen molar-refractivity contribution in [3.05, 3.63) is 0 Å². The summed E-state index contributed by atoms with van der Waals surface area (Å²) in [6, 6.07) is 0. The lowest BCUT2D eigenvalue weighted by Crippen LogP contribution is -2.38. The molecule has 1 rings (SSSR count). The van der Waals surface area contributed by atoms with Crippen LogP contribution in [-0.2, 0) is 4.74 Å². The zero-order valence-corrected chi connectivity index (χ0v) is 13.6. The Morgan fingerprint density at radius 2 is 2.11 bits per heavy atom. The molecular weight excluding hydrogens is 234 g/mol. The van der Waals surface area contributed by atoms with Crippen LogP contribution in [0.25, 0.3) is 0 Å². The van der Waals surface area contributed by atoms with E-state index in [0.717, 1.165) is 19.1 Å². The van der Waals surface area contributed by atoms with E-state index in [9.17, 15) is 0 Å². The molecular formula is C17H35NO. The average Bonchev–Trinajstić information content (AvgIpc) is 2.88. The van der Waals surface area contributed by atoms with Gasteiger partial charge < -0.3 is 10.1 Å². The summed E-state index contributed by atoms with van der Waals surface area (Å²) in [4.78, 5) is 0. The van der Waals surface area contributed by atoms with Gasteiger partial charge in [0.2, 0.25) is 0 Å². The molecule has 1 heterocycles. The van der Waals surface area contributed by atoms with Crippen molar-refractivity contribution in [3.8, 4) is 0 Å². The van der Waals surface area contributed by atoms with Crippen LogP contribution in [0.15, 0.2) is 0 Å². The van der Waals surface area contributed by atoms with Gasteiger partial charge in [-0.1, -0.05) is 40.5 Å². The molecule has 1 N–H and O–H groups in total. The summed E-state index contributed by atoms with van der Waals surface area (Å²) in [7, 11) is 0. The maximum absolute atomic E-state index is 5.89. The highest BCUT2D eigenvalue weighted by atomic mass is 16.5. The molecule has 2 atom stereocenters. The maximum atomic E-state index is 5.89. The second kappa shape index (κ2) is 8.97. The Bertz CT molecular complexity index is 223. The molecule has 0 aliphatic carbocycles. The van der Waals surface area contributed by atoms with Gasteiger partial charge in [0.25, 0.3) is 0 Å². The number of unbranched alkanes of at least 4 members (excludes halogenated alkanes) is 1. The van der Waals surface area contributed by atoms with Gasteiger partial charge in [-0.2, -0.15) is 0 Å². The van der Waals surface area contributed by atoms with Crippen molar-refractivity contribution in [2.75, 3.05) is 19.7 Å². The fourth-order valence-corrected chi connectivity index (χ4v) is 3.17. The highest BCUT2D eigenvalue weighted by Gasteiger charge is 2.32. The van der Waals surface area contributed by atoms with E-state index in [1.54, 1.807) is 0 Å². The van der Waals surface area contributed by atoms with Gasteiger partial charge in [0.05, 0.1) is 6.10 Å². The van der Waals surface area contributed by atoms with Crippen molar-refractivity contribution in [2.45, 2.75) is 78.7 Å². The number of hydrogen-bond acceptors (Lipinski definition) is 2. The summed E-state index contributed by atoms with van der Waals surface area (Å²) in [6.45, 7) is 12.5. The van der Waals surface area contributed by atoms with Crippen LogP contribution in [0, 0.1) is 11.3 Å². The number of hydrogen-bond donors (Lipinski definition) is 1. The average molecular weight is 269 g/mol. The van der Waals surface area contributed by atoms with E-state index in [1.807, 2.05) is 0 Å². The molecule has 0 amide bonds. The first kappa shape index (κ1) is 17.0. The lowest BCUT2D eigenvalue weighted by Gasteiger charge is -2.35. The molecule has 0 radical (unpaired) electrons. The van der Waals surface area contributed by atoms with E-state index in [0.29, 0.717) is 11.5 Å². The molecule has 1 fully saturated rings. The zero-order valence-electron chi connectivity index (χ0n) is 13.6. The summed E-state index contributed by atoms with van der Waals surface area (Å²) in [5, 5.41) is 3.70. The molecule has 2 heteroatoms. The predicted octanol–water partition coefficient (Wildman–Crippen LogP) is 4.39. The Morgan fingerprint density at radius 1 is 1.32 bits per heavy atom. The van der Waals surface area contributed by atoms with Crippen LogP contribution < -0.4 is 5.32 Å². The molecule has 0 aromatic heterocycles. The van der Waals surface area contributed by atoms with Crippen LogP contribution in [0.5, 0.6) is 0 Å². The van der Waals surface area contributed by atoms with Gasteiger partial charge in [0.15, 0.2) is 0 Å². The summed E-state index contributed by atoms with van der Waals surface area (Å²) >= 11 is 0. The quantitative estimate of drug-likeness (QED) is 0.635.